The molecular formula is C13H24N2O. The van der Waals surface area contributed by atoms with Gasteiger partial charge in [0.25, 0.3) is 0 Å². The van der Waals surface area contributed by atoms with Gasteiger partial charge in [-0.3, -0.25) is 4.79 Å². The molecule has 2 rings (SSSR count). The molecule has 1 amide bonds. The number of amides is 1. The van der Waals surface area contributed by atoms with Crippen LogP contribution in [0.2, 0.25) is 0 Å². The number of rotatable bonds is 4. The average molecular weight is 224 g/mol. The molecule has 2 unspecified atom stereocenters. The van der Waals surface area contributed by atoms with Crippen molar-refractivity contribution in [2.24, 2.45) is 23.0 Å². The average Bonchev–Trinajstić information content (AvgIpc) is 2.90. The summed E-state index contributed by atoms with van der Waals surface area (Å²) in [6, 6.07) is 0. The summed E-state index contributed by atoms with van der Waals surface area (Å²) in [6.45, 7) is 7.57. The van der Waals surface area contributed by atoms with E-state index in [2.05, 4.69) is 26.1 Å². The second-order valence-electron chi connectivity index (χ2n) is 6.61. The van der Waals surface area contributed by atoms with Gasteiger partial charge in [-0.25, -0.2) is 0 Å². The first-order chi connectivity index (χ1) is 7.36. The molecule has 0 aromatic heterocycles. The number of carbonyl (C=O) groups excluding carboxylic acids is 1. The van der Waals surface area contributed by atoms with Crippen molar-refractivity contribution in [2.75, 3.05) is 6.54 Å². The summed E-state index contributed by atoms with van der Waals surface area (Å²) in [5, 5.41) is 3.49. The highest BCUT2D eigenvalue weighted by Gasteiger charge is 2.52. The van der Waals surface area contributed by atoms with E-state index < -0.39 is 5.54 Å². The fourth-order valence-electron chi connectivity index (χ4n) is 3.31. The van der Waals surface area contributed by atoms with Crippen LogP contribution in [0.4, 0.5) is 0 Å². The van der Waals surface area contributed by atoms with Gasteiger partial charge in [0.2, 0.25) is 5.91 Å². The molecule has 3 nitrogen and oxygen atoms in total. The SMILES string of the molecule is CC1CC(C)(C)CC1(NCC1CC1)C(N)=O. The Labute approximate surface area is 98.2 Å². The van der Waals surface area contributed by atoms with Crippen molar-refractivity contribution in [1.29, 1.82) is 0 Å². The lowest BCUT2D eigenvalue weighted by atomic mass is 9.85. The van der Waals surface area contributed by atoms with Gasteiger partial charge in [0.1, 0.15) is 5.54 Å². The zero-order chi connectivity index (χ0) is 12.0. The second-order valence-corrected chi connectivity index (χ2v) is 6.61. The second kappa shape index (κ2) is 3.73. The van der Waals surface area contributed by atoms with Gasteiger partial charge < -0.3 is 11.1 Å². The third kappa shape index (κ3) is 2.10. The van der Waals surface area contributed by atoms with Crippen LogP contribution in [-0.2, 0) is 4.79 Å². The predicted molar refractivity (Wildman–Crippen MR) is 64.8 cm³/mol. The standard InChI is InChI=1S/C13H24N2O/c1-9-6-12(2,3)8-13(9,11(14)16)15-7-10-4-5-10/h9-10,15H,4-8H2,1-3H3,(H2,14,16). The van der Waals surface area contributed by atoms with E-state index in [4.69, 9.17) is 5.73 Å². The van der Waals surface area contributed by atoms with Gasteiger partial charge >= 0.3 is 0 Å². The molecule has 0 aromatic rings. The van der Waals surface area contributed by atoms with E-state index in [1.54, 1.807) is 0 Å². The van der Waals surface area contributed by atoms with Crippen LogP contribution >= 0.6 is 0 Å². The van der Waals surface area contributed by atoms with Crippen molar-refractivity contribution in [3.05, 3.63) is 0 Å². The van der Waals surface area contributed by atoms with E-state index in [-0.39, 0.29) is 11.3 Å². The van der Waals surface area contributed by atoms with Crippen LogP contribution in [0.15, 0.2) is 0 Å². The number of hydrogen-bond donors (Lipinski definition) is 2. The highest BCUT2D eigenvalue weighted by molar-refractivity contribution is 5.85. The number of nitrogens with one attached hydrogen (secondary N) is 1. The van der Waals surface area contributed by atoms with E-state index in [0.29, 0.717) is 5.92 Å². The lowest BCUT2D eigenvalue weighted by Gasteiger charge is -2.32. The van der Waals surface area contributed by atoms with Gasteiger partial charge in [-0.15, -0.1) is 0 Å². The summed E-state index contributed by atoms with van der Waals surface area (Å²) >= 11 is 0. The molecule has 0 bridgehead atoms. The quantitative estimate of drug-likeness (QED) is 0.763. The van der Waals surface area contributed by atoms with Crippen molar-refractivity contribution in [2.45, 2.75) is 52.0 Å². The fourth-order valence-corrected chi connectivity index (χ4v) is 3.31. The van der Waals surface area contributed by atoms with E-state index >= 15 is 0 Å². The van der Waals surface area contributed by atoms with Crippen LogP contribution in [-0.4, -0.2) is 18.0 Å². The first kappa shape index (κ1) is 11.9. The Morgan fingerprint density at radius 1 is 1.44 bits per heavy atom. The lowest BCUT2D eigenvalue weighted by Crippen LogP contribution is -2.58. The molecule has 3 N–H and O–H groups in total. The Morgan fingerprint density at radius 2 is 2.06 bits per heavy atom. The van der Waals surface area contributed by atoms with Gasteiger partial charge in [0.05, 0.1) is 0 Å². The number of carbonyl (C=O) groups is 1. The molecule has 0 spiro atoms. The monoisotopic (exact) mass is 224 g/mol. The fraction of sp³-hybridized carbons (Fsp3) is 0.923. The minimum absolute atomic E-state index is 0.161. The maximum absolute atomic E-state index is 11.8. The van der Waals surface area contributed by atoms with E-state index in [1.165, 1.54) is 12.8 Å². The number of hydrogen-bond acceptors (Lipinski definition) is 2. The Morgan fingerprint density at radius 3 is 2.44 bits per heavy atom. The van der Waals surface area contributed by atoms with Crippen LogP contribution in [0.25, 0.3) is 0 Å². The van der Waals surface area contributed by atoms with Crippen molar-refractivity contribution in [1.82, 2.24) is 5.32 Å². The minimum atomic E-state index is -0.452. The van der Waals surface area contributed by atoms with Gasteiger partial charge in [0.15, 0.2) is 0 Å². The van der Waals surface area contributed by atoms with Crippen molar-refractivity contribution >= 4 is 5.91 Å². The smallest absolute Gasteiger partial charge is 0.238 e. The van der Waals surface area contributed by atoms with Crippen LogP contribution in [0.1, 0.15) is 46.5 Å². The summed E-state index contributed by atoms with van der Waals surface area (Å²) < 4.78 is 0. The van der Waals surface area contributed by atoms with E-state index in [1.807, 2.05) is 0 Å². The minimum Gasteiger partial charge on any atom is -0.368 e. The highest BCUT2D eigenvalue weighted by Crippen LogP contribution is 2.47. The van der Waals surface area contributed by atoms with Crippen molar-refractivity contribution in [3.8, 4) is 0 Å². The van der Waals surface area contributed by atoms with E-state index in [9.17, 15) is 4.79 Å². The van der Waals surface area contributed by atoms with Crippen LogP contribution in [0.3, 0.4) is 0 Å². The summed E-state index contributed by atoms with van der Waals surface area (Å²) in [5.41, 5.74) is 5.42. The summed E-state index contributed by atoms with van der Waals surface area (Å²) in [7, 11) is 0. The molecule has 0 aromatic carbocycles. The van der Waals surface area contributed by atoms with Gasteiger partial charge in [-0.2, -0.15) is 0 Å². The normalized spacial score (nSPS) is 37.6. The van der Waals surface area contributed by atoms with Gasteiger partial charge in [-0.05, 0) is 49.5 Å². The Bertz CT molecular complexity index is 296. The number of nitrogens with two attached hydrogens (primary N) is 1. The van der Waals surface area contributed by atoms with Crippen LogP contribution in [0, 0.1) is 17.3 Å². The topological polar surface area (TPSA) is 55.1 Å². The molecule has 2 aliphatic carbocycles. The number of primary amides is 1. The zero-order valence-electron chi connectivity index (χ0n) is 10.7. The molecule has 0 saturated heterocycles. The van der Waals surface area contributed by atoms with Crippen molar-refractivity contribution in [3.63, 3.8) is 0 Å². The molecule has 2 fully saturated rings. The molecule has 92 valence electrons. The Kier molecular flexibility index (Phi) is 2.77. The van der Waals surface area contributed by atoms with Crippen molar-refractivity contribution < 1.29 is 4.79 Å². The van der Waals surface area contributed by atoms with Crippen LogP contribution in [0.5, 0.6) is 0 Å². The molecule has 2 aliphatic rings. The molecular weight excluding hydrogens is 200 g/mol. The summed E-state index contributed by atoms with van der Waals surface area (Å²) in [4.78, 5) is 11.8. The Balaban J connectivity index is 2.11. The van der Waals surface area contributed by atoms with Crippen LogP contribution < -0.4 is 11.1 Å². The molecule has 16 heavy (non-hydrogen) atoms. The first-order valence-corrected chi connectivity index (χ1v) is 6.41. The highest BCUT2D eigenvalue weighted by atomic mass is 16.1. The largest absolute Gasteiger partial charge is 0.368 e. The maximum atomic E-state index is 11.8. The third-order valence-corrected chi connectivity index (χ3v) is 4.30. The molecule has 3 heteroatoms. The molecule has 0 aliphatic heterocycles. The lowest BCUT2D eigenvalue weighted by molar-refractivity contribution is -0.125. The predicted octanol–water partition coefficient (Wildman–Crippen LogP) is 1.67. The third-order valence-electron chi connectivity index (χ3n) is 4.30. The Hall–Kier alpha value is -0.570. The molecule has 2 saturated carbocycles. The van der Waals surface area contributed by atoms with E-state index in [0.717, 1.165) is 25.3 Å². The zero-order valence-corrected chi connectivity index (χ0v) is 10.7. The molecule has 0 heterocycles. The molecule has 2 atom stereocenters. The van der Waals surface area contributed by atoms with Gasteiger partial charge in [0, 0.05) is 0 Å². The first-order valence-electron chi connectivity index (χ1n) is 6.41. The molecule has 0 radical (unpaired) electrons. The summed E-state index contributed by atoms with van der Waals surface area (Å²) in [5.74, 6) is 0.970. The van der Waals surface area contributed by atoms with Gasteiger partial charge in [-0.1, -0.05) is 20.8 Å². The summed E-state index contributed by atoms with van der Waals surface area (Å²) in [6.07, 6.45) is 4.57. The maximum Gasteiger partial charge on any atom is 0.238 e.